The second kappa shape index (κ2) is 3.81. The van der Waals surface area contributed by atoms with Crippen LogP contribution < -0.4 is 0 Å². The average Bonchev–Trinajstić information content (AvgIpc) is 2.06. The van der Waals surface area contributed by atoms with Gasteiger partial charge in [0, 0.05) is 4.75 Å². The van der Waals surface area contributed by atoms with E-state index in [4.69, 9.17) is 0 Å². The molecule has 0 aromatic heterocycles. The minimum atomic E-state index is 0.238. The molecule has 0 saturated carbocycles. The van der Waals surface area contributed by atoms with Crippen LogP contribution >= 0.6 is 30.1 Å². The summed E-state index contributed by atoms with van der Waals surface area (Å²) < 4.78 is 0.238. The molecule has 0 bridgehead atoms. The van der Waals surface area contributed by atoms with Gasteiger partial charge in [-0.15, -0.1) is 0 Å². The molecular weight excluding hydrogens is 267 g/mol. The summed E-state index contributed by atoms with van der Waals surface area (Å²) in [5, 5.41) is 0. The van der Waals surface area contributed by atoms with Gasteiger partial charge < -0.3 is 0 Å². The first-order valence-electron chi connectivity index (χ1n) is 3.52. The Morgan fingerprint density at radius 1 is 1.18 bits per heavy atom. The maximum Gasteiger partial charge on any atom is 0.0452 e. The highest BCUT2D eigenvalue weighted by molar-refractivity contribution is 14.2. The highest BCUT2D eigenvalue weighted by Crippen LogP contribution is 2.39. The molecule has 0 saturated heterocycles. The van der Waals surface area contributed by atoms with Crippen molar-refractivity contribution in [3.05, 3.63) is 35.9 Å². The van der Waals surface area contributed by atoms with E-state index in [2.05, 4.69) is 65.4 Å². The third kappa shape index (κ3) is 2.37. The SMILES string of the molecule is CC(C)(SI)c1ccccc1. The highest BCUT2D eigenvalue weighted by Gasteiger charge is 2.18. The van der Waals surface area contributed by atoms with Crippen LogP contribution in [-0.4, -0.2) is 0 Å². The summed E-state index contributed by atoms with van der Waals surface area (Å²) in [5.74, 6) is 0. The molecule has 0 amide bonds. The van der Waals surface area contributed by atoms with Gasteiger partial charge in [-0.1, -0.05) is 39.3 Å². The maximum absolute atomic E-state index is 2.35. The van der Waals surface area contributed by atoms with E-state index in [-0.39, 0.29) is 4.75 Å². The van der Waals surface area contributed by atoms with Gasteiger partial charge >= 0.3 is 0 Å². The van der Waals surface area contributed by atoms with Crippen LogP contribution in [0.5, 0.6) is 0 Å². The molecule has 0 aliphatic carbocycles. The van der Waals surface area contributed by atoms with E-state index in [0.717, 1.165) is 0 Å². The van der Waals surface area contributed by atoms with E-state index in [1.165, 1.54) is 5.56 Å². The monoisotopic (exact) mass is 278 g/mol. The Morgan fingerprint density at radius 2 is 1.73 bits per heavy atom. The van der Waals surface area contributed by atoms with Gasteiger partial charge in [0.05, 0.1) is 0 Å². The van der Waals surface area contributed by atoms with Gasteiger partial charge in [0.2, 0.25) is 0 Å². The van der Waals surface area contributed by atoms with Crippen LogP contribution in [0.3, 0.4) is 0 Å². The Hall–Kier alpha value is 0.300. The zero-order valence-electron chi connectivity index (χ0n) is 6.67. The van der Waals surface area contributed by atoms with Crippen molar-refractivity contribution in [3.8, 4) is 0 Å². The molecule has 2 heteroatoms. The largest absolute Gasteiger partial charge is 0.0783 e. The van der Waals surface area contributed by atoms with Gasteiger partial charge in [0.1, 0.15) is 0 Å². The summed E-state index contributed by atoms with van der Waals surface area (Å²) in [4.78, 5) is 0. The molecule has 60 valence electrons. The predicted octanol–water partition coefficient (Wildman–Crippen LogP) is 4.00. The van der Waals surface area contributed by atoms with Crippen LogP contribution in [0.1, 0.15) is 19.4 Å². The first kappa shape index (κ1) is 9.39. The Bertz CT molecular complexity index is 218. The van der Waals surface area contributed by atoms with Gasteiger partial charge in [0.25, 0.3) is 0 Å². The molecule has 0 spiro atoms. The third-order valence-corrected chi connectivity index (χ3v) is 5.59. The smallest absolute Gasteiger partial charge is 0.0452 e. The van der Waals surface area contributed by atoms with E-state index in [9.17, 15) is 0 Å². The van der Waals surface area contributed by atoms with Gasteiger partial charge in [-0.3, -0.25) is 0 Å². The fraction of sp³-hybridized carbons (Fsp3) is 0.333. The molecule has 0 atom stereocenters. The first-order valence-corrected chi connectivity index (χ1v) is 6.88. The number of hydrogen-bond acceptors (Lipinski definition) is 1. The molecule has 1 rings (SSSR count). The van der Waals surface area contributed by atoms with Crippen molar-refractivity contribution < 1.29 is 0 Å². The zero-order chi connectivity index (χ0) is 8.32. The minimum Gasteiger partial charge on any atom is -0.0783 e. The molecule has 0 N–H and O–H groups in total. The quantitative estimate of drug-likeness (QED) is 0.737. The lowest BCUT2D eigenvalue weighted by atomic mass is 10.0. The molecule has 1 aromatic rings. The van der Waals surface area contributed by atoms with Crippen molar-refractivity contribution in [2.75, 3.05) is 0 Å². The summed E-state index contributed by atoms with van der Waals surface area (Å²) in [7, 11) is 1.85. The fourth-order valence-corrected chi connectivity index (χ4v) is 1.87. The minimum absolute atomic E-state index is 0.238. The van der Waals surface area contributed by atoms with Crippen LogP contribution in [-0.2, 0) is 4.75 Å². The van der Waals surface area contributed by atoms with Crippen LogP contribution in [0.15, 0.2) is 30.3 Å². The van der Waals surface area contributed by atoms with Crippen molar-refractivity contribution in [3.63, 3.8) is 0 Å². The second-order valence-corrected chi connectivity index (χ2v) is 5.45. The van der Waals surface area contributed by atoms with Crippen molar-refractivity contribution in [2.45, 2.75) is 18.6 Å². The van der Waals surface area contributed by atoms with E-state index in [0.29, 0.717) is 0 Å². The topological polar surface area (TPSA) is 0 Å². The van der Waals surface area contributed by atoms with Crippen molar-refractivity contribution >= 4 is 30.1 Å². The summed E-state index contributed by atoms with van der Waals surface area (Å²) in [6.45, 7) is 4.47. The summed E-state index contributed by atoms with van der Waals surface area (Å²) in [6.07, 6.45) is 0. The lowest BCUT2D eigenvalue weighted by molar-refractivity contribution is 0.790. The van der Waals surface area contributed by atoms with Gasteiger partial charge in [0.15, 0.2) is 0 Å². The molecule has 0 fully saturated rings. The fourth-order valence-electron chi connectivity index (χ4n) is 0.884. The predicted molar refractivity (Wildman–Crippen MR) is 61.1 cm³/mol. The highest BCUT2D eigenvalue weighted by atomic mass is 127. The molecular formula is C9H11IS. The third-order valence-electron chi connectivity index (χ3n) is 1.66. The number of benzene rings is 1. The Morgan fingerprint density at radius 3 is 2.18 bits per heavy atom. The van der Waals surface area contributed by atoms with Gasteiger partial charge in [-0.05, 0) is 40.6 Å². The standard InChI is InChI=1S/C9H11IS/c1-9(2,11-10)8-6-4-3-5-7-8/h3-7H,1-2H3. The van der Waals surface area contributed by atoms with Gasteiger partial charge in [-0.25, -0.2) is 0 Å². The van der Waals surface area contributed by atoms with Crippen LogP contribution in [0, 0.1) is 0 Å². The molecule has 0 heterocycles. The summed E-state index contributed by atoms with van der Waals surface area (Å²) in [6, 6.07) is 10.6. The molecule has 0 aliphatic heterocycles. The van der Waals surface area contributed by atoms with Crippen molar-refractivity contribution in [1.29, 1.82) is 0 Å². The Balaban J connectivity index is 2.93. The average molecular weight is 278 g/mol. The lowest BCUT2D eigenvalue weighted by Crippen LogP contribution is -2.08. The van der Waals surface area contributed by atoms with Crippen LogP contribution in [0.4, 0.5) is 0 Å². The van der Waals surface area contributed by atoms with E-state index in [1.807, 2.05) is 8.93 Å². The molecule has 11 heavy (non-hydrogen) atoms. The molecule has 0 nitrogen and oxygen atoms in total. The van der Waals surface area contributed by atoms with Crippen molar-refractivity contribution in [1.82, 2.24) is 0 Å². The molecule has 0 aliphatic rings. The normalized spacial score (nSPS) is 11.5. The molecule has 0 radical (unpaired) electrons. The van der Waals surface area contributed by atoms with Crippen LogP contribution in [0.2, 0.25) is 0 Å². The van der Waals surface area contributed by atoms with Crippen molar-refractivity contribution in [2.24, 2.45) is 0 Å². The lowest BCUT2D eigenvalue weighted by Gasteiger charge is -2.20. The zero-order valence-corrected chi connectivity index (χ0v) is 9.65. The van der Waals surface area contributed by atoms with Gasteiger partial charge in [-0.2, -0.15) is 0 Å². The first-order chi connectivity index (χ1) is 5.17. The molecule has 1 aromatic carbocycles. The van der Waals surface area contributed by atoms with Crippen LogP contribution in [0.25, 0.3) is 0 Å². The second-order valence-electron chi connectivity index (χ2n) is 2.95. The number of halogens is 1. The Kier molecular flexibility index (Phi) is 3.25. The summed E-state index contributed by atoms with van der Waals surface area (Å²) >= 11 is 2.35. The number of hydrogen-bond donors (Lipinski definition) is 0. The number of rotatable bonds is 2. The van der Waals surface area contributed by atoms with E-state index in [1.54, 1.807) is 0 Å². The molecule has 0 unspecified atom stereocenters. The Labute approximate surface area is 84.4 Å². The maximum atomic E-state index is 2.35. The summed E-state index contributed by atoms with van der Waals surface area (Å²) in [5.41, 5.74) is 1.39. The van der Waals surface area contributed by atoms with E-state index < -0.39 is 0 Å². The van der Waals surface area contributed by atoms with E-state index >= 15 is 0 Å².